The van der Waals surface area contributed by atoms with E-state index in [0.717, 1.165) is 114 Å². The molecule has 0 radical (unpaired) electrons. The van der Waals surface area contributed by atoms with Crippen LogP contribution in [-0.4, -0.2) is 273 Å². The lowest BCUT2D eigenvalue weighted by molar-refractivity contribution is -0.165. The number of methoxy groups -OCH3 is 2. The number of piperidine rings is 5. The quantitative estimate of drug-likeness (QED) is 0.0769. The molecule has 5 aromatic rings. The summed E-state index contributed by atoms with van der Waals surface area (Å²) in [5, 5.41) is 43.1. The molecule has 0 aromatic heterocycles. The van der Waals surface area contributed by atoms with Gasteiger partial charge >= 0.3 is 11.9 Å². The molecule has 10 aliphatic carbocycles. The SMILES string of the molecule is C.C.C.C.C.C.C.C.C.C.COCCO[C@H]1CCC2[C@H]3Cc4ccc(C)c5c4[C@@]2(CCN3C)[C@H]1O5.COCCO[C@H]1CCC2[C@H]3Cc4ccc(C)c5c4[C@@]2(CCN3C)[C@H]1O5.Cc1ccc2c3c1O[C@H]1C(=O)CCC4[C@@H](C2)N(C)CC[C@@]341.Cc1ccc2c3c1O[C@H]1C(=O)CCC4[C@@H](C2)N(C)CC[C@@]341.Cc1ccc2c3c1O[C@H]1[C@@H](O)CCC4[C@@H](C2)N(C)CC[C@@]341.Cl.O=C(O)C(O)C(O)C(=O)O. The van der Waals surface area contributed by atoms with E-state index < -0.39 is 24.1 Å². The zero-order chi connectivity index (χ0) is 85.7. The van der Waals surface area contributed by atoms with Gasteiger partial charge in [-0.2, -0.15) is 0 Å². The van der Waals surface area contributed by atoms with Gasteiger partial charge in [-0.1, -0.05) is 135 Å². The fourth-order valence-electron chi connectivity index (χ4n) is 30.0. The first-order valence-corrected chi connectivity index (χ1v) is 46.4. The third-order valence-electron chi connectivity index (χ3n) is 35.5. The number of ketones is 2. The number of carbonyl (C=O) groups is 4. The average molecular weight is 1890 g/mol. The van der Waals surface area contributed by atoms with Gasteiger partial charge in [-0.05, 0) is 303 Å². The maximum absolute atomic E-state index is 12.6. The normalized spacial score (nSPS) is 34.8. The van der Waals surface area contributed by atoms with Crippen LogP contribution in [0.1, 0.15) is 254 Å². The number of ether oxygens (including phenoxy) is 9. The first-order chi connectivity index (χ1) is 59.2. The van der Waals surface area contributed by atoms with E-state index in [1.165, 1.54) is 135 Å². The third-order valence-corrected chi connectivity index (χ3v) is 35.5. The number of benzene rings is 5. The largest absolute Gasteiger partial charge is 0.486 e. The van der Waals surface area contributed by atoms with Crippen LogP contribution in [0, 0.1) is 64.2 Å². The Morgan fingerprint density at radius 2 is 0.612 bits per heavy atom. The lowest BCUT2D eigenvalue weighted by Gasteiger charge is -2.58. The predicted octanol–water partition coefficient (Wildman–Crippen LogP) is 16.5. The van der Waals surface area contributed by atoms with E-state index >= 15 is 0 Å². The molecule has 10 bridgehead atoms. The molecule has 7 unspecified atom stereocenters. The Labute approximate surface area is 809 Å². The Balaban J connectivity index is 0.000000180. The second kappa shape index (κ2) is 41.5. The molecule has 10 fully saturated rings. The highest BCUT2D eigenvalue weighted by Crippen LogP contribution is 2.69. The maximum Gasteiger partial charge on any atom is 0.335 e. The van der Waals surface area contributed by atoms with E-state index in [1.807, 2.05) is 0 Å². The van der Waals surface area contributed by atoms with Crippen molar-refractivity contribution >= 4 is 35.9 Å². The van der Waals surface area contributed by atoms with Crippen molar-refractivity contribution in [2.75, 3.05) is 109 Å². The van der Waals surface area contributed by atoms with Gasteiger partial charge in [0.15, 0.2) is 36.0 Å². The minimum Gasteiger partial charge on any atom is -0.486 e. The van der Waals surface area contributed by atoms with Gasteiger partial charge in [0.1, 0.15) is 47.1 Å². The number of aryl methyl sites for hydroxylation is 5. The van der Waals surface area contributed by atoms with Crippen molar-refractivity contribution in [2.24, 2.45) is 29.6 Å². The Bertz CT molecular complexity index is 4800. The van der Waals surface area contributed by atoms with Crippen molar-refractivity contribution in [3.63, 3.8) is 0 Å². The summed E-state index contributed by atoms with van der Waals surface area (Å²) < 4.78 is 55.3. The molecule has 5 saturated heterocycles. The number of carbonyl (C=O) groups excluding carboxylic acids is 2. The number of aliphatic hydroxyl groups excluding tert-OH is 3. The smallest absolute Gasteiger partial charge is 0.335 e. The Morgan fingerprint density at radius 1 is 0.366 bits per heavy atom. The molecule has 0 amide bonds. The van der Waals surface area contributed by atoms with E-state index in [2.05, 4.69) is 155 Å². The van der Waals surface area contributed by atoms with E-state index in [0.29, 0.717) is 111 Å². The first kappa shape index (κ1) is 111. The van der Waals surface area contributed by atoms with Gasteiger partial charge in [-0.15, -0.1) is 12.4 Å². The third kappa shape index (κ3) is 16.2. The molecule has 10 aliphatic heterocycles. The average Bonchev–Trinajstić information content (AvgIpc) is 1.51. The second-order valence-corrected chi connectivity index (χ2v) is 40.8. The molecule has 134 heavy (non-hydrogen) atoms. The Hall–Kier alpha value is -6.81. The van der Waals surface area contributed by atoms with Crippen LogP contribution >= 0.6 is 12.4 Å². The van der Waals surface area contributed by atoms with Gasteiger partial charge in [-0.25, -0.2) is 9.59 Å². The van der Waals surface area contributed by atoms with Crippen molar-refractivity contribution in [1.29, 1.82) is 0 Å². The summed E-state index contributed by atoms with van der Waals surface area (Å²) in [5.74, 6) is 5.91. The zero-order valence-corrected chi connectivity index (χ0v) is 75.3. The molecular weight excluding hydrogens is 1710 g/mol. The van der Waals surface area contributed by atoms with Crippen LogP contribution in [0.4, 0.5) is 0 Å². The summed E-state index contributed by atoms with van der Waals surface area (Å²) in [5.41, 5.74) is 21.4. The molecular formula is C110H170ClN5O18. The van der Waals surface area contributed by atoms with Crippen molar-refractivity contribution in [1.82, 2.24) is 24.5 Å². The number of carboxylic acids is 2. The lowest BCUT2D eigenvalue weighted by atomic mass is 9.51. The highest BCUT2D eigenvalue weighted by Gasteiger charge is 2.71. The summed E-state index contributed by atoms with van der Waals surface area (Å²) in [6, 6.07) is 25.7. The van der Waals surface area contributed by atoms with Crippen LogP contribution in [0.5, 0.6) is 28.7 Å². The molecule has 5 aromatic carbocycles. The van der Waals surface area contributed by atoms with E-state index in [4.69, 9.17) is 63.1 Å². The zero-order valence-electron chi connectivity index (χ0n) is 74.5. The number of halogens is 1. The molecule has 25 rings (SSSR count). The van der Waals surface area contributed by atoms with E-state index in [1.54, 1.807) is 25.3 Å². The molecule has 20 aliphatic rings. The van der Waals surface area contributed by atoms with Gasteiger partial charge in [0, 0.05) is 112 Å². The van der Waals surface area contributed by atoms with Gasteiger partial charge in [0.05, 0.1) is 44.7 Å². The van der Waals surface area contributed by atoms with Crippen LogP contribution in [-0.2, 0) is 97.3 Å². The van der Waals surface area contributed by atoms with Crippen molar-refractivity contribution in [2.45, 2.75) is 356 Å². The highest BCUT2D eigenvalue weighted by atomic mass is 35.5. The maximum atomic E-state index is 12.6. The minimum atomic E-state index is -2.27. The fraction of sp³-hybridized carbons (Fsp3) is 0.691. The van der Waals surface area contributed by atoms with Crippen LogP contribution < -0.4 is 23.7 Å². The number of likely N-dealkylation sites (tertiary alicyclic amines) is 5. The standard InChI is InChI=1S/2C21H29NO3.C18H23NO2.2C18H21NO2.C4H6O6.10CH4.ClH/c2*1-13-4-5-14-12-16-15-6-7-17(24-11-10-23-3)20-21(15,8-9-22(16)2)18(14)19(13)25-20;3*1-10-3-4-11-9-13-12-5-6-14(20)17-18(12,7-8-19(13)2)15(11)16(10)21-17;5-1(3(7)8)2(6)4(9)10;;;;;;;;;;;/h2*4-5,15-17,20H,6-12H2,1-3H3;3-4,12-14,17,20H,5-9H2,1-2H3;2*3-4,12-13,17H,5-9H2,1-2H3;1-2,5-6H,(H,7,8)(H,9,10);10*1H4;1H/t2*15?,16-,17+,20+,21+;12?,13-,14+,17+,18+;2*12?,13-,17+,18+;;;;;;;;;;;;/m11111............/s1. The number of Topliss-reactive ketones (excluding diaryl/α,β-unsaturated/α-hetero) is 2. The number of nitrogens with zero attached hydrogens (tertiary/aromatic N) is 5. The van der Waals surface area contributed by atoms with Gasteiger partial charge in [-0.3, -0.25) is 9.59 Å². The number of rotatable bonds is 11. The van der Waals surface area contributed by atoms with Crippen LogP contribution in [0.3, 0.4) is 0 Å². The van der Waals surface area contributed by atoms with Crippen molar-refractivity contribution < 1.29 is 87.3 Å². The number of hydrogen-bond acceptors (Lipinski definition) is 21. The number of aliphatic carboxylic acids is 2. The Morgan fingerprint density at radius 3 is 0.896 bits per heavy atom. The number of hydrogen-bond donors (Lipinski definition) is 5. The molecule has 5 N–H and O–H groups in total. The molecule has 5 saturated carbocycles. The summed E-state index contributed by atoms with van der Waals surface area (Å²) >= 11 is 0. The second-order valence-electron chi connectivity index (χ2n) is 40.8. The predicted molar refractivity (Wildman–Crippen MR) is 535 cm³/mol. The number of carboxylic acid groups (broad SMARTS) is 2. The van der Waals surface area contributed by atoms with Gasteiger partial charge in [0.2, 0.25) is 0 Å². The molecule has 25 atom stereocenters. The van der Waals surface area contributed by atoms with E-state index in [-0.39, 0.29) is 163 Å². The lowest BCUT2D eigenvalue weighted by Crippen LogP contribution is -2.66. The fourth-order valence-corrected chi connectivity index (χ4v) is 30.0. The Kier molecular flexibility index (Phi) is 34.4. The first-order valence-electron chi connectivity index (χ1n) is 46.4. The summed E-state index contributed by atoms with van der Waals surface area (Å²) in [6.45, 7) is 19.0. The molecule has 24 heteroatoms. The van der Waals surface area contributed by atoms with Gasteiger partial charge in [0.25, 0.3) is 0 Å². The molecule has 5 spiro atoms. The topological polar surface area (TPSA) is 269 Å². The van der Waals surface area contributed by atoms with Crippen LogP contribution in [0.25, 0.3) is 0 Å². The molecule has 10 heterocycles. The summed E-state index contributed by atoms with van der Waals surface area (Å²) in [4.78, 5) is 57.5. The summed E-state index contributed by atoms with van der Waals surface area (Å²) in [7, 11) is 14.9. The highest BCUT2D eigenvalue weighted by molar-refractivity contribution is 5.90. The number of aliphatic hydroxyl groups is 3. The van der Waals surface area contributed by atoms with Crippen molar-refractivity contribution in [3.05, 3.63) is 144 Å². The van der Waals surface area contributed by atoms with Gasteiger partial charge < -0.3 is 92.7 Å². The molecule has 750 valence electrons. The monoisotopic (exact) mass is 1880 g/mol. The number of likely N-dealkylation sites (N-methyl/N-ethyl adjacent to an activating group) is 5. The minimum absolute atomic E-state index is 0. The van der Waals surface area contributed by atoms with Crippen LogP contribution in [0.2, 0.25) is 0 Å². The van der Waals surface area contributed by atoms with Crippen LogP contribution in [0.15, 0.2) is 60.7 Å². The van der Waals surface area contributed by atoms with Crippen molar-refractivity contribution in [3.8, 4) is 28.7 Å². The summed E-state index contributed by atoms with van der Waals surface area (Å²) in [6.07, 6.45) is 17.1. The van der Waals surface area contributed by atoms with E-state index in [9.17, 15) is 24.3 Å². The molecule has 23 nitrogen and oxygen atoms in total.